The molecule has 0 saturated carbocycles. The van der Waals surface area contributed by atoms with Gasteiger partial charge in [-0.05, 0) is 18.6 Å². The maximum Gasteiger partial charge on any atom is 0.155 e. The van der Waals surface area contributed by atoms with Crippen LogP contribution in [0, 0.1) is 0 Å². The summed E-state index contributed by atoms with van der Waals surface area (Å²) >= 11 is 0. The van der Waals surface area contributed by atoms with Crippen LogP contribution in [0.1, 0.15) is 6.42 Å². The second kappa shape index (κ2) is 4.61. The van der Waals surface area contributed by atoms with Gasteiger partial charge in [0.25, 0.3) is 0 Å². The van der Waals surface area contributed by atoms with Gasteiger partial charge in [-0.15, -0.1) is 0 Å². The molecule has 7 nitrogen and oxygen atoms in total. The molecule has 8 heteroatoms. The average molecular weight is 279 g/mol. The third kappa shape index (κ3) is 2.73. The number of hydrogen-bond donors (Lipinski definition) is 1. The SMILES string of the molecule is O=S1(=O)CCC(Nc2ccc(-n3cncn3)nc2)C1. The molecule has 1 atom stereocenters. The summed E-state index contributed by atoms with van der Waals surface area (Å²) in [6, 6.07) is 3.64. The highest BCUT2D eigenvalue weighted by molar-refractivity contribution is 7.91. The third-order valence-electron chi connectivity index (χ3n) is 3.00. The molecule has 19 heavy (non-hydrogen) atoms. The zero-order chi connectivity index (χ0) is 13.3. The molecule has 0 amide bonds. The second-order valence-corrected chi connectivity index (χ2v) is 6.72. The average Bonchev–Trinajstić information content (AvgIpc) is 3.00. The molecule has 1 N–H and O–H groups in total. The smallest absolute Gasteiger partial charge is 0.155 e. The minimum absolute atomic E-state index is 0.0241. The molecule has 100 valence electrons. The lowest BCUT2D eigenvalue weighted by molar-refractivity contribution is 0.602. The van der Waals surface area contributed by atoms with E-state index in [4.69, 9.17) is 0 Å². The molecule has 0 aromatic carbocycles. The summed E-state index contributed by atoms with van der Waals surface area (Å²) in [5.41, 5.74) is 0.811. The monoisotopic (exact) mass is 279 g/mol. The van der Waals surface area contributed by atoms with Crippen LogP contribution in [0.3, 0.4) is 0 Å². The molecule has 1 fully saturated rings. The van der Waals surface area contributed by atoms with Crippen molar-refractivity contribution < 1.29 is 8.42 Å². The van der Waals surface area contributed by atoms with Crippen LogP contribution >= 0.6 is 0 Å². The Morgan fingerprint density at radius 3 is 2.84 bits per heavy atom. The zero-order valence-corrected chi connectivity index (χ0v) is 10.9. The Balaban J connectivity index is 1.70. The first-order valence-electron chi connectivity index (χ1n) is 5.90. The number of rotatable bonds is 3. The van der Waals surface area contributed by atoms with Crippen molar-refractivity contribution >= 4 is 15.5 Å². The normalized spacial score (nSPS) is 21.4. The minimum atomic E-state index is -2.86. The Morgan fingerprint density at radius 1 is 1.37 bits per heavy atom. The van der Waals surface area contributed by atoms with Crippen molar-refractivity contribution in [1.29, 1.82) is 0 Å². The quantitative estimate of drug-likeness (QED) is 0.867. The summed E-state index contributed by atoms with van der Waals surface area (Å²) in [5, 5.41) is 7.16. The van der Waals surface area contributed by atoms with E-state index < -0.39 is 9.84 Å². The first-order chi connectivity index (χ1) is 9.12. The molecule has 3 rings (SSSR count). The third-order valence-corrected chi connectivity index (χ3v) is 4.77. The van der Waals surface area contributed by atoms with E-state index in [1.165, 1.54) is 6.33 Å². The van der Waals surface area contributed by atoms with Crippen LogP contribution in [0.15, 0.2) is 31.0 Å². The van der Waals surface area contributed by atoms with E-state index >= 15 is 0 Å². The number of pyridine rings is 1. The molecule has 1 unspecified atom stereocenters. The van der Waals surface area contributed by atoms with E-state index in [2.05, 4.69) is 20.4 Å². The predicted octanol–water partition coefficient (Wildman–Crippen LogP) is 0.261. The van der Waals surface area contributed by atoms with E-state index in [9.17, 15) is 8.42 Å². The van der Waals surface area contributed by atoms with E-state index in [1.807, 2.05) is 6.07 Å². The summed E-state index contributed by atoms with van der Waals surface area (Å²) in [7, 11) is -2.86. The second-order valence-electron chi connectivity index (χ2n) is 4.49. The topological polar surface area (TPSA) is 89.8 Å². The highest BCUT2D eigenvalue weighted by Crippen LogP contribution is 2.17. The molecular formula is C11H13N5O2S. The summed E-state index contributed by atoms with van der Waals surface area (Å²) in [6.07, 6.45) is 5.32. The molecule has 1 saturated heterocycles. The van der Waals surface area contributed by atoms with Crippen molar-refractivity contribution in [3.8, 4) is 5.82 Å². The molecule has 0 aliphatic carbocycles. The Labute approximate surface area is 110 Å². The molecule has 1 aliphatic rings. The molecule has 1 aliphatic heterocycles. The van der Waals surface area contributed by atoms with Gasteiger partial charge in [0.1, 0.15) is 12.7 Å². The number of sulfone groups is 1. The fraction of sp³-hybridized carbons (Fsp3) is 0.364. The molecule has 2 aromatic heterocycles. The minimum Gasteiger partial charge on any atom is -0.380 e. The molecule has 2 aromatic rings. The number of nitrogens with zero attached hydrogens (tertiary/aromatic N) is 4. The Morgan fingerprint density at radius 2 is 2.26 bits per heavy atom. The zero-order valence-electron chi connectivity index (χ0n) is 10.1. The molecule has 3 heterocycles. The predicted molar refractivity (Wildman–Crippen MR) is 69.8 cm³/mol. The van der Waals surface area contributed by atoms with Crippen LogP contribution in [-0.2, 0) is 9.84 Å². The van der Waals surface area contributed by atoms with Crippen LogP contribution in [-0.4, -0.2) is 45.7 Å². The molecule has 0 bridgehead atoms. The van der Waals surface area contributed by atoms with Crippen LogP contribution < -0.4 is 5.32 Å². The summed E-state index contributed by atoms with van der Waals surface area (Å²) in [6.45, 7) is 0. The maximum atomic E-state index is 11.4. The van der Waals surface area contributed by atoms with Crippen molar-refractivity contribution in [1.82, 2.24) is 19.7 Å². The highest BCUT2D eigenvalue weighted by atomic mass is 32.2. The highest BCUT2D eigenvalue weighted by Gasteiger charge is 2.27. The maximum absolute atomic E-state index is 11.4. The van der Waals surface area contributed by atoms with Gasteiger partial charge in [-0.3, -0.25) is 0 Å². The molecule has 0 spiro atoms. The van der Waals surface area contributed by atoms with Gasteiger partial charge in [-0.2, -0.15) is 5.10 Å². The summed E-state index contributed by atoms with van der Waals surface area (Å²) in [4.78, 5) is 8.10. The van der Waals surface area contributed by atoms with Gasteiger partial charge < -0.3 is 5.32 Å². The van der Waals surface area contributed by atoms with Crippen molar-refractivity contribution in [3.05, 3.63) is 31.0 Å². The molecule has 0 radical (unpaired) electrons. The number of hydrogen-bond acceptors (Lipinski definition) is 6. The van der Waals surface area contributed by atoms with Crippen molar-refractivity contribution in [3.63, 3.8) is 0 Å². The largest absolute Gasteiger partial charge is 0.380 e. The standard InChI is InChI=1S/C11H13N5O2S/c17-19(18)4-3-10(6-19)15-9-1-2-11(13-5-9)16-8-12-7-14-16/h1-2,5,7-8,10,15H,3-4,6H2. The first kappa shape index (κ1) is 12.1. The lowest BCUT2D eigenvalue weighted by Gasteiger charge is -2.12. The lowest BCUT2D eigenvalue weighted by atomic mass is 10.2. The van der Waals surface area contributed by atoms with E-state index in [0.717, 1.165) is 5.69 Å². The van der Waals surface area contributed by atoms with Gasteiger partial charge in [0.2, 0.25) is 0 Å². The summed E-state index contributed by atoms with van der Waals surface area (Å²) < 4.78 is 24.3. The fourth-order valence-corrected chi connectivity index (χ4v) is 3.75. The van der Waals surface area contributed by atoms with E-state index in [0.29, 0.717) is 12.2 Å². The first-order valence-corrected chi connectivity index (χ1v) is 7.72. The van der Waals surface area contributed by atoms with Gasteiger partial charge in [0.05, 0.1) is 23.4 Å². The van der Waals surface area contributed by atoms with Gasteiger partial charge in [0, 0.05) is 6.04 Å². The van der Waals surface area contributed by atoms with Crippen LogP contribution in [0.2, 0.25) is 0 Å². The van der Waals surface area contributed by atoms with Gasteiger partial charge in [-0.1, -0.05) is 0 Å². The van der Waals surface area contributed by atoms with E-state index in [-0.39, 0.29) is 17.5 Å². The van der Waals surface area contributed by atoms with Crippen LogP contribution in [0.5, 0.6) is 0 Å². The van der Waals surface area contributed by atoms with Crippen molar-refractivity contribution in [2.24, 2.45) is 0 Å². The van der Waals surface area contributed by atoms with Crippen LogP contribution in [0.4, 0.5) is 5.69 Å². The Hall–Kier alpha value is -1.96. The van der Waals surface area contributed by atoms with Crippen molar-refractivity contribution in [2.75, 3.05) is 16.8 Å². The lowest BCUT2D eigenvalue weighted by Crippen LogP contribution is -2.20. The van der Waals surface area contributed by atoms with Gasteiger partial charge in [-0.25, -0.2) is 23.1 Å². The number of nitrogens with one attached hydrogen (secondary N) is 1. The Kier molecular flexibility index (Phi) is 2.94. The number of aromatic nitrogens is 4. The van der Waals surface area contributed by atoms with Gasteiger partial charge >= 0.3 is 0 Å². The Bertz CT molecular complexity index is 651. The van der Waals surface area contributed by atoms with Crippen LogP contribution in [0.25, 0.3) is 5.82 Å². The molecular weight excluding hydrogens is 266 g/mol. The fourth-order valence-electron chi connectivity index (χ4n) is 2.08. The van der Waals surface area contributed by atoms with E-state index in [1.54, 1.807) is 23.3 Å². The van der Waals surface area contributed by atoms with Gasteiger partial charge in [0.15, 0.2) is 15.7 Å². The summed E-state index contributed by atoms with van der Waals surface area (Å²) in [5.74, 6) is 1.12. The number of anilines is 1. The van der Waals surface area contributed by atoms with Crippen molar-refractivity contribution in [2.45, 2.75) is 12.5 Å².